The number of benzene rings is 3. The molecule has 5 rings (SSSR count). The normalized spacial score (nSPS) is 14.9. The van der Waals surface area contributed by atoms with Crippen molar-refractivity contribution < 1.29 is 23.3 Å². The van der Waals surface area contributed by atoms with E-state index in [9.17, 15) is 24.1 Å². The van der Waals surface area contributed by atoms with Gasteiger partial charge in [0.15, 0.2) is 5.50 Å². The Kier molecular flexibility index (Phi) is 7.78. The van der Waals surface area contributed by atoms with Crippen LogP contribution < -0.4 is 15.7 Å². The summed E-state index contributed by atoms with van der Waals surface area (Å²) >= 11 is 7.72. The zero-order valence-corrected chi connectivity index (χ0v) is 22.3. The van der Waals surface area contributed by atoms with Crippen LogP contribution in [0.15, 0.2) is 87.0 Å². The first-order valence-corrected chi connectivity index (χ1v) is 13.1. The summed E-state index contributed by atoms with van der Waals surface area (Å²) in [4.78, 5) is 40.9. The number of carbonyl (C=O) groups is 1. The molecule has 2 heterocycles. The van der Waals surface area contributed by atoms with E-state index in [1.54, 1.807) is 31.2 Å². The van der Waals surface area contributed by atoms with Gasteiger partial charge in [-0.3, -0.25) is 25.2 Å². The van der Waals surface area contributed by atoms with Crippen LogP contribution in [0.25, 0.3) is 15.9 Å². The van der Waals surface area contributed by atoms with Crippen LogP contribution in [0.2, 0.25) is 5.02 Å². The van der Waals surface area contributed by atoms with Gasteiger partial charge in [0.2, 0.25) is 5.75 Å². The van der Waals surface area contributed by atoms with Crippen molar-refractivity contribution in [3.05, 3.63) is 121 Å². The quantitative estimate of drug-likeness (QED) is 0.0949. The molecule has 1 atom stereocenters. The molecule has 1 aromatic heterocycles. The van der Waals surface area contributed by atoms with Crippen molar-refractivity contribution in [3.63, 3.8) is 0 Å². The van der Waals surface area contributed by atoms with Crippen LogP contribution in [-0.2, 0) is 4.79 Å². The number of carbonyl (C=O) groups excluding carboxylic acids is 1. The van der Waals surface area contributed by atoms with Gasteiger partial charge in [-0.25, -0.2) is 9.18 Å². The predicted molar refractivity (Wildman–Crippen MR) is 151 cm³/mol. The number of ether oxygens (including phenoxy) is 1. The van der Waals surface area contributed by atoms with Crippen molar-refractivity contribution in [3.8, 4) is 5.75 Å². The minimum atomic E-state index is -0.828. The zero-order chi connectivity index (χ0) is 28.4. The van der Waals surface area contributed by atoms with Gasteiger partial charge >= 0.3 is 17.3 Å². The van der Waals surface area contributed by atoms with E-state index < -0.39 is 27.7 Å². The van der Waals surface area contributed by atoms with E-state index in [0.29, 0.717) is 27.2 Å². The summed E-state index contributed by atoms with van der Waals surface area (Å²) in [6, 6.07) is 16.6. The van der Waals surface area contributed by atoms with Crippen molar-refractivity contribution >= 4 is 56.6 Å². The second-order valence-corrected chi connectivity index (χ2v) is 10.2. The van der Waals surface area contributed by atoms with E-state index in [0.717, 1.165) is 16.5 Å². The van der Waals surface area contributed by atoms with Crippen molar-refractivity contribution in [1.82, 2.24) is 5.32 Å². The topological polar surface area (TPSA) is 124 Å². The van der Waals surface area contributed by atoms with Gasteiger partial charge in [0.25, 0.3) is 0 Å². The molecule has 1 unspecified atom stereocenters. The lowest BCUT2D eigenvalue weighted by Gasteiger charge is -2.22. The number of nitro benzene ring substituents is 1. The van der Waals surface area contributed by atoms with E-state index in [4.69, 9.17) is 20.8 Å². The Balaban J connectivity index is 1.38. The highest BCUT2D eigenvalue weighted by molar-refractivity contribution is 8.08. The first kappa shape index (κ1) is 27.3. The molecule has 0 bridgehead atoms. The van der Waals surface area contributed by atoms with Crippen LogP contribution in [-0.4, -0.2) is 28.6 Å². The Hall–Kier alpha value is -4.32. The second-order valence-electron chi connectivity index (χ2n) is 8.66. The number of nitro groups is 1. The molecule has 0 saturated carbocycles. The summed E-state index contributed by atoms with van der Waals surface area (Å²) in [6.07, 6.45) is 1.82. The second kappa shape index (κ2) is 11.4. The van der Waals surface area contributed by atoms with E-state index in [1.165, 1.54) is 36.0 Å². The van der Waals surface area contributed by atoms with Crippen LogP contribution in [0.1, 0.15) is 16.7 Å². The van der Waals surface area contributed by atoms with Gasteiger partial charge < -0.3 is 9.15 Å². The lowest BCUT2D eigenvalue weighted by atomic mass is 10.1. The van der Waals surface area contributed by atoms with Gasteiger partial charge in [-0.05, 0) is 48.9 Å². The number of aliphatic imine (C=N–C) groups is 1. The van der Waals surface area contributed by atoms with Crippen LogP contribution in [0.3, 0.4) is 0 Å². The molecule has 0 radical (unpaired) electrons. The zero-order valence-electron chi connectivity index (χ0n) is 20.7. The average molecular weight is 580 g/mol. The minimum absolute atomic E-state index is 0.0530. The van der Waals surface area contributed by atoms with Crippen molar-refractivity contribution in [2.24, 2.45) is 4.99 Å². The molecule has 0 spiro atoms. The van der Waals surface area contributed by atoms with Gasteiger partial charge in [0.05, 0.1) is 17.2 Å². The number of thioether (sulfide) groups is 1. The Labute approximate surface area is 235 Å². The molecule has 3 aromatic carbocycles. The molecule has 1 aliphatic heterocycles. The number of esters is 1. The summed E-state index contributed by atoms with van der Waals surface area (Å²) in [7, 11) is 0. The van der Waals surface area contributed by atoms with Gasteiger partial charge in [-0.2, -0.15) is 0 Å². The number of allylic oxidation sites excluding steroid dienone is 1. The van der Waals surface area contributed by atoms with Gasteiger partial charge in [-0.15, -0.1) is 0 Å². The van der Waals surface area contributed by atoms with Gasteiger partial charge in [0, 0.05) is 44.6 Å². The first-order chi connectivity index (χ1) is 19.2. The summed E-state index contributed by atoms with van der Waals surface area (Å²) in [5.74, 6) is -1.58. The van der Waals surface area contributed by atoms with E-state index in [-0.39, 0.29) is 23.7 Å². The number of rotatable bonds is 7. The molecule has 1 N–H and O–H groups in total. The van der Waals surface area contributed by atoms with Crippen LogP contribution >= 0.6 is 23.4 Å². The van der Waals surface area contributed by atoms with E-state index in [2.05, 4.69) is 10.3 Å². The van der Waals surface area contributed by atoms with E-state index in [1.807, 2.05) is 18.2 Å². The summed E-state index contributed by atoms with van der Waals surface area (Å²) in [5.41, 5.74) is 0.726. The fourth-order valence-electron chi connectivity index (χ4n) is 4.03. The van der Waals surface area contributed by atoms with Crippen molar-refractivity contribution in [2.45, 2.75) is 12.4 Å². The Morgan fingerprint density at radius 2 is 1.95 bits per heavy atom. The average Bonchev–Trinajstić information content (AvgIpc) is 2.92. The Bertz CT molecular complexity index is 1770. The van der Waals surface area contributed by atoms with Crippen LogP contribution in [0, 0.1) is 22.9 Å². The Morgan fingerprint density at radius 1 is 1.20 bits per heavy atom. The minimum Gasteiger partial charge on any atom is -0.423 e. The maximum Gasteiger partial charge on any atom is 0.336 e. The fraction of sp³-hybridized carbons (Fsp3) is 0.107. The number of nitrogens with one attached hydrogen (secondary N) is 1. The molecule has 0 amide bonds. The van der Waals surface area contributed by atoms with Crippen LogP contribution in [0.4, 0.5) is 10.1 Å². The molecule has 4 aromatic rings. The van der Waals surface area contributed by atoms with Gasteiger partial charge in [0.1, 0.15) is 11.4 Å². The summed E-state index contributed by atoms with van der Waals surface area (Å²) in [6.45, 7) is 1.26. The number of halogens is 2. The molecule has 0 saturated heterocycles. The highest BCUT2D eigenvalue weighted by Crippen LogP contribution is 2.38. The molecule has 9 nitrogen and oxygen atoms in total. The highest BCUT2D eigenvalue weighted by Gasteiger charge is 2.24. The first-order valence-electron chi connectivity index (χ1n) is 11.8. The third-order valence-electron chi connectivity index (χ3n) is 5.91. The van der Waals surface area contributed by atoms with Crippen molar-refractivity contribution in [2.75, 3.05) is 6.54 Å². The highest BCUT2D eigenvalue weighted by atomic mass is 35.5. The standard InChI is InChI=1S/C28H19ClFN3O6S/c1-15-10-26(34)38-23-13-24(22(33(36)37)11-19(15)23)39-27(35)14-31-28-32-21(16-6-8-17(30)9-7-16)12-25(40-28)18-4-2-3-5-20(18)29/h2-13,28,31H,14H2,1H3. The third kappa shape index (κ3) is 5.96. The smallest absolute Gasteiger partial charge is 0.336 e. The lowest BCUT2D eigenvalue weighted by molar-refractivity contribution is -0.385. The number of hydrogen-bond acceptors (Lipinski definition) is 9. The largest absolute Gasteiger partial charge is 0.423 e. The Morgan fingerprint density at radius 3 is 2.67 bits per heavy atom. The monoisotopic (exact) mass is 579 g/mol. The molecular weight excluding hydrogens is 561 g/mol. The van der Waals surface area contributed by atoms with Crippen molar-refractivity contribution in [1.29, 1.82) is 0 Å². The maximum atomic E-state index is 13.5. The molecule has 0 fully saturated rings. The SMILES string of the molecule is Cc1cc(=O)oc2cc(OC(=O)CNC3N=C(c4ccc(F)cc4)C=C(c4ccccc4Cl)S3)c([N+](=O)[O-])cc12. The molecular formula is C28H19ClFN3O6S. The molecule has 1 aliphatic rings. The summed E-state index contributed by atoms with van der Waals surface area (Å²) < 4.78 is 23.9. The van der Waals surface area contributed by atoms with Crippen LogP contribution in [0.5, 0.6) is 5.75 Å². The van der Waals surface area contributed by atoms with E-state index >= 15 is 0 Å². The number of fused-ring (bicyclic) bond motifs is 1. The molecule has 0 aliphatic carbocycles. The lowest BCUT2D eigenvalue weighted by Crippen LogP contribution is -2.34. The molecule has 40 heavy (non-hydrogen) atoms. The fourth-order valence-corrected chi connectivity index (χ4v) is 5.38. The number of hydrogen-bond donors (Lipinski definition) is 1. The third-order valence-corrected chi connectivity index (χ3v) is 7.33. The maximum absolute atomic E-state index is 13.5. The number of aryl methyl sites for hydroxylation is 1. The summed E-state index contributed by atoms with van der Waals surface area (Å²) in [5, 5.41) is 15.5. The van der Waals surface area contributed by atoms with Gasteiger partial charge in [-0.1, -0.05) is 41.6 Å². The molecule has 202 valence electrons. The molecule has 12 heteroatoms. The number of nitrogens with zero attached hydrogens (tertiary/aromatic N) is 2. The predicted octanol–water partition coefficient (Wildman–Crippen LogP) is 5.86.